The van der Waals surface area contributed by atoms with Crippen LogP contribution in [0.2, 0.25) is 0 Å². The molecule has 0 heterocycles. The van der Waals surface area contributed by atoms with E-state index in [1.54, 1.807) is 33.8 Å². The SMILES string of the molecule is Cc1cccc([N+](=O)[O-])c1C(=O)N[C@H](C(=O)O)C(C)(C)C. The second-order valence-corrected chi connectivity index (χ2v) is 5.84. The predicted octanol–water partition coefficient (Wildman–Crippen LogP) is 2.13. The Hall–Kier alpha value is -2.44. The summed E-state index contributed by atoms with van der Waals surface area (Å²) in [5.41, 5.74) is -0.762. The minimum atomic E-state index is -1.19. The Morgan fingerprint density at radius 1 is 1.33 bits per heavy atom. The Morgan fingerprint density at radius 3 is 2.33 bits per heavy atom. The predicted molar refractivity (Wildman–Crippen MR) is 76.2 cm³/mol. The van der Waals surface area contributed by atoms with Gasteiger partial charge in [-0.25, -0.2) is 4.79 Å². The van der Waals surface area contributed by atoms with Crippen molar-refractivity contribution in [1.82, 2.24) is 5.32 Å². The van der Waals surface area contributed by atoms with Crippen molar-refractivity contribution in [2.24, 2.45) is 5.41 Å². The minimum Gasteiger partial charge on any atom is -0.480 e. The van der Waals surface area contributed by atoms with Crippen molar-refractivity contribution in [3.8, 4) is 0 Å². The normalized spacial score (nSPS) is 12.6. The molecule has 2 N–H and O–H groups in total. The first-order valence-electron chi connectivity index (χ1n) is 6.33. The second kappa shape index (κ2) is 5.90. The third-order valence-electron chi connectivity index (χ3n) is 3.06. The number of carboxylic acid groups (broad SMARTS) is 1. The van der Waals surface area contributed by atoms with Crippen molar-refractivity contribution in [3.63, 3.8) is 0 Å². The molecule has 0 aliphatic rings. The van der Waals surface area contributed by atoms with Gasteiger partial charge >= 0.3 is 5.97 Å². The lowest BCUT2D eigenvalue weighted by molar-refractivity contribution is -0.385. The van der Waals surface area contributed by atoms with E-state index in [0.29, 0.717) is 5.56 Å². The Kier molecular flexibility index (Phi) is 4.67. The van der Waals surface area contributed by atoms with E-state index in [9.17, 15) is 24.8 Å². The van der Waals surface area contributed by atoms with E-state index in [0.717, 1.165) is 0 Å². The number of nitrogens with zero attached hydrogens (tertiary/aromatic N) is 1. The highest BCUT2D eigenvalue weighted by Crippen LogP contribution is 2.24. The maximum atomic E-state index is 12.3. The quantitative estimate of drug-likeness (QED) is 0.653. The number of carbonyl (C=O) groups excluding carboxylic acids is 1. The van der Waals surface area contributed by atoms with Crippen LogP contribution in [-0.4, -0.2) is 27.9 Å². The third kappa shape index (κ3) is 3.77. The van der Waals surface area contributed by atoms with Gasteiger partial charge in [0.2, 0.25) is 0 Å². The van der Waals surface area contributed by atoms with Crippen molar-refractivity contribution < 1.29 is 19.6 Å². The zero-order valence-electron chi connectivity index (χ0n) is 12.3. The number of nitrogens with one attached hydrogen (secondary N) is 1. The smallest absolute Gasteiger partial charge is 0.326 e. The zero-order valence-corrected chi connectivity index (χ0v) is 12.3. The lowest BCUT2D eigenvalue weighted by Crippen LogP contribution is -2.49. The van der Waals surface area contributed by atoms with E-state index in [2.05, 4.69) is 5.32 Å². The van der Waals surface area contributed by atoms with Crippen molar-refractivity contribution >= 4 is 17.6 Å². The second-order valence-electron chi connectivity index (χ2n) is 5.84. The Morgan fingerprint density at radius 2 is 1.90 bits per heavy atom. The van der Waals surface area contributed by atoms with Gasteiger partial charge in [-0.2, -0.15) is 0 Å². The van der Waals surface area contributed by atoms with Crippen LogP contribution in [0.25, 0.3) is 0 Å². The average molecular weight is 294 g/mol. The molecule has 0 saturated heterocycles. The van der Waals surface area contributed by atoms with Gasteiger partial charge in [0.1, 0.15) is 11.6 Å². The van der Waals surface area contributed by atoms with Gasteiger partial charge in [-0.05, 0) is 17.9 Å². The van der Waals surface area contributed by atoms with Gasteiger partial charge < -0.3 is 10.4 Å². The number of aliphatic carboxylic acids is 1. The molecule has 7 nitrogen and oxygen atoms in total. The summed E-state index contributed by atoms with van der Waals surface area (Å²) in [5, 5.41) is 22.6. The van der Waals surface area contributed by atoms with E-state index in [-0.39, 0.29) is 11.3 Å². The van der Waals surface area contributed by atoms with Crippen LogP contribution >= 0.6 is 0 Å². The van der Waals surface area contributed by atoms with Crippen LogP contribution in [0, 0.1) is 22.5 Å². The van der Waals surface area contributed by atoms with Crippen LogP contribution in [0.4, 0.5) is 5.69 Å². The van der Waals surface area contributed by atoms with Gasteiger partial charge in [0.15, 0.2) is 0 Å². The number of hydrogen-bond donors (Lipinski definition) is 2. The summed E-state index contributed by atoms with van der Waals surface area (Å²) in [6.45, 7) is 6.56. The molecule has 1 atom stereocenters. The number of nitro benzene ring substituents is 1. The lowest BCUT2D eigenvalue weighted by atomic mass is 9.86. The molecule has 0 radical (unpaired) electrons. The Balaban J connectivity index is 3.21. The van der Waals surface area contributed by atoms with Crippen LogP contribution in [0.15, 0.2) is 18.2 Å². The molecule has 0 aromatic heterocycles. The summed E-state index contributed by atoms with van der Waals surface area (Å²) in [6.07, 6.45) is 0. The lowest BCUT2D eigenvalue weighted by Gasteiger charge is -2.27. The standard InChI is InChI=1S/C14H18N2O5/c1-8-6-5-7-9(16(20)21)10(8)12(17)15-11(13(18)19)14(2,3)4/h5-7,11H,1-4H3,(H,15,17)(H,18,19)/t11-/m1/s1. The molecule has 0 spiro atoms. The highest BCUT2D eigenvalue weighted by molar-refractivity contribution is 6.01. The maximum absolute atomic E-state index is 12.3. The number of nitro groups is 1. The summed E-state index contributed by atoms with van der Waals surface area (Å²) in [5.74, 6) is -1.95. The number of carboxylic acids is 1. The molecule has 0 bridgehead atoms. The van der Waals surface area contributed by atoms with Crippen molar-refractivity contribution in [2.45, 2.75) is 33.7 Å². The summed E-state index contributed by atoms with van der Waals surface area (Å²) in [7, 11) is 0. The van der Waals surface area contributed by atoms with E-state index in [4.69, 9.17) is 0 Å². The van der Waals surface area contributed by atoms with Gasteiger partial charge in [0.25, 0.3) is 11.6 Å². The van der Waals surface area contributed by atoms with Crippen molar-refractivity contribution in [1.29, 1.82) is 0 Å². The van der Waals surface area contributed by atoms with Gasteiger partial charge in [0.05, 0.1) is 4.92 Å². The highest BCUT2D eigenvalue weighted by Gasteiger charge is 2.34. The molecule has 0 aliphatic heterocycles. The number of rotatable bonds is 4. The molecule has 1 rings (SSSR count). The zero-order chi connectivity index (χ0) is 16.4. The summed E-state index contributed by atoms with van der Waals surface area (Å²) < 4.78 is 0. The minimum absolute atomic E-state index is 0.113. The molecule has 1 amide bonds. The molecule has 0 saturated carbocycles. The highest BCUT2D eigenvalue weighted by atomic mass is 16.6. The Labute approximate surface area is 122 Å². The molecule has 0 fully saturated rings. The third-order valence-corrected chi connectivity index (χ3v) is 3.06. The number of amides is 1. The number of hydrogen-bond acceptors (Lipinski definition) is 4. The monoisotopic (exact) mass is 294 g/mol. The van der Waals surface area contributed by atoms with E-state index in [1.165, 1.54) is 12.1 Å². The fourth-order valence-electron chi connectivity index (χ4n) is 1.95. The van der Waals surface area contributed by atoms with Gasteiger partial charge in [-0.3, -0.25) is 14.9 Å². The molecule has 114 valence electrons. The molecule has 1 aromatic rings. The fraction of sp³-hybridized carbons (Fsp3) is 0.429. The molecule has 0 aliphatic carbocycles. The number of benzene rings is 1. The fourth-order valence-corrected chi connectivity index (χ4v) is 1.95. The average Bonchev–Trinajstić information content (AvgIpc) is 2.33. The first-order valence-corrected chi connectivity index (χ1v) is 6.33. The molecule has 7 heteroatoms. The largest absolute Gasteiger partial charge is 0.480 e. The molecule has 1 aromatic carbocycles. The van der Waals surface area contributed by atoms with Gasteiger partial charge in [-0.1, -0.05) is 32.9 Å². The van der Waals surface area contributed by atoms with Crippen LogP contribution < -0.4 is 5.32 Å². The van der Waals surface area contributed by atoms with Crippen LogP contribution in [0.1, 0.15) is 36.7 Å². The van der Waals surface area contributed by atoms with E-state index < -0.39 is 28.3 Å². The number of carbonyl (C=O) groups is 2. The van der Waals surface area contributed by atoms with E-state index >= 15 is 0 Å². The molecule has 21 heavy (non-hydrogen) atoms. The topological polar surface area (TPSA) is 110 Å². The van der Waals surface area contributed by atoms with Crippen LogP contribution in [0.3, 0.4) is 0 Å². The number of aryl methyl sites for hydroxylation is 1. The van der Waals surface area contributed by atoms with Crippen molar-refractivity contribution in [2.75, 3.05) is 0 Å². The molecular weight excluding hydrogens is 276 g/mol. The first kappa shape index (κ1) is 16.6. The van der Waals surface area contributed by atoms with Gasteiger partial charge in [-0.15, -0.1) is 0 Å². The van der Waals surface area contributed by atoms with Crippen LogP contribution in [-0.2, 0) is 4.79 Å². The molecule has 0 unspecified atom stereocenters. The summed E-state index contributed by atoms with van der Waals surface area (Å²) in [4.78, 5) is 33.9. The maximum Gasteiger partial charge on any atom is 0.326 e. The van der Waals surface area contributed by atoms with E-state index in [1.807, 2.05) is 0 Å². The first-order chi connectivity index (χ1) is 9.55. The molecular formula is C14H18N2O5. The summed E-state index contributed by atoms with van der Waals surface area (Å²) in [6, 6.07) is 3.11. The Bertz CT molecular complexity index is 590. The van der Waals surface area contributed by atoms with Crippen LogP contribution in [0.5, 0.6) is 0 Å². The van der Waals surface area contributed by atoms with Gasteiger partial charge in [0, 0.05) is 6.07 Å². The summed E-state index contributed by atoms with van der Waals surface area (Å²) >= 11 is 0. The van der Waals surface area contributed by atoms with Crippen molar-refractivity contribution in [3.05, 3.63) is 39.4 Å².